The summed E-state index contributed by atoms with van der Waals surface area (Å²) in [5, 5.41) is 4.23. The van der Waals surface area contributed by atoms with Gasteiger partial charge in [-0.3, -0.25) is 20.2 Å². The summed E-state index contributed by atoms with van der Waals surface area (Å²) in [6.45, 7) is 0. The van der Waals surface area contributed by atoms with Crippen molar-refractivity contribution in [3.63, 3.8) is 0 Å². The fourth-order valence-electron chi connectivity index (χ4n) is 2.31. The second-order valence-corrected chi connectivity index (χ2v) is 4.95. The van der Waals surface area contributed by atoms with Gasteiger partial charge in [0.15, 0.2) is 0 Å². The molecule has 2 N–H and O–H groups in total. The first-order chi connectivity index (χ1) is 9.66. The standard InChI is InChI=1S/C15H18N2O3/c18-13-12(14(19)17-15(20)16-13)10-6-2-5-9-11-7-3-1-4-8-11/h1,3-4,7-8,12H,2,5-6,9-10H2,(H2,16,17,18,19,20). The quantitative estimate of drug-likeness (QED) is 0.613. The third-order valence-corrected chi connectivity index (χ3v) is 3.41. The van der Waals surface area contributed by atoms with Crippen LogP contribution in [-0.4, -0.2) is 17.8 Å². The molecule has 0 saturated carbocycles. The van der Waals surface area contributed by atoms with Crippen LogP contribution in [0.1, 0.15) is 31.2 Å². The average molecular weight is 274 g/mol. The van der Waals surface area contributed by atoms with E-state index in [-0.39, 0.29) is 0 Å². The van der Waals surface area contributed by atoms with Crippen LogP contribution in [0.25, 0.3) is 0 Å². The van der Waals surface area contributed by atoms with E-state index < -0.39 is 23.8 Å². The van der Waals surface area contributed by atoms with Gasteiger partial charge in [0.25, 0.3) is 0 Å². The number of unbranched alkanes of at least 4 members (excludes halogenated alkanes) is 2. The normalized spacial score (nSPS) is 15.9. The van der Waals surface area contributed by atoms with Gasteiger partial charge < -0.3 is 0 Å². The number of imide groups is 2. The Labute approximate surface area is 117 Å². The summed E-state index contributed by atoms with van der Waals surface area (Å²) in [7, 11) is 0. The monoisotopic (exact) mass is 274 g/mol. The van der Waals surface area contributed by atoms with E-state index in [1.54, 1.807) is 0 Å². The number of barbiturate groups is 1. The van der Waals surface area contributed by atoms with Crippen LogP contribution < -0.4 is 10.6 Å². The zero-order chi connectivity index (χ0) is 14.4. The molecule has 0 aromatic heterocycles. The molecule has 0 bridgehead atoms. The first kappa shape index (κ1) is 14.2. The third kappa shape index (κ3) is 3.91. The molecule has 1 aromatic rings. The van der Waals surface area contributed by atoms with Gasteiger partial charge in [-0.2, -0.15) is 0 Å². The molecule has 0 radical (unpaired) electrons. The summed E-state index contributed by atoms with van der Waals surface area (Å²) in [6.07, 6.45) is 4.27. The molecule has 5 nitrogen and oxygen atoms in total. The van der Waals surface area contributed by atoms with E-state index in [4.69, 9.17) is 0 Å². The number of aryl methyl sites for hydroxylation is 1. The molecular weight excluding hydrogens is 256 g/mol. The zero-order valence-corrected chi connectivity index (χ0v) is 11.2. The number of rotatable bonds is 6. The summed E-state index contributed by atoms with van der Waals surface area (Å²) in [4.78, 5) is 33.9. The lowest BCUT2D eigenvalue weighted by molar-refractivity contribution is -0.136. The average Bonchev–Trinajstić information content (AvgIpc) is 2.42. The van der Waals surface area contributed by atoms with Gasteiger partial charge in [-0.15, -0.1) is 0 Å². The molecule has 0 aliphatic carbocycles. The molecule has 106 valence electrons. The Morgan fingerprint density at radius 3 is 2.15 bits per heavy atom. The Kier molecular flexibility index (Phi) is 4.87. The Hall–Kier alpha value is -2.17. The first-order valence-electron chi connectivity index (χ1n) is 6.86. The maximum absolute atomic E-state index is 11.5. The summed E-state index contributed by atoms with van der Waals surface area (Å²) in [5.41, 5.74) is 1.30. The Balaban J connectivity index is 1.67. The molecule has 5 heteroatoms. The van der Waals surface area contributed by atoms with Crippen LogP contribution in [-0.2, 0) is 16.0 Å². The second kappa shape index (κ2) is 6.84. The largest absolute Gasteiger partial charge is 0.328 e. The molecular formula is C15H18N2O3. The van der Waals surface area contributed by atoms with Crippen LogP contribution in [0, 0.1) is 5.92 Å². The Bertz CT molecular complexity index is 479. The third-order valence-electron chi connectivity index (χ3n) is 3.41. The van der Waals surface area contributed by atoms with E-state index in [9.17, 15) is 14.4 Å². The van der Waals surface area contributed by atoms with Crippen molar-refractivity contribution in [2.45, 2.75) is 32.1 Å². The van der Waals surface area contributed by atoms with Crippen molar-refractivity contribution in [3.05, 3.63) is 35.9 Å². The lowest BCUT2D eigenvalue weighted by atomic mass is 9.97. The van der Waals surface area contributed by atoms with E-state index >= 15 is 0 Å². The molecule has 1 aliphatic heterocycles. The lowest BCUT2D eigenvalue weighted by Gasteiger charge is -2.20. The van der Waals surface area contributed by atoms with Gasteiger partial charge in [-0.05, 0) is 24.8 Å². The van der Waals surface area contributed by atoms with Crippen LogP contribution in [0.3, 0.4) is 0 Å². The Morgan fingerprint density at radius 1 is 0.850 bits per heavy atom. The highest BCUT2D eigenvalue weighted by atomic mass is 16.2. The topological polar surface area (TPSA) is 75.3 Å². The summed E-state index contributed by atoms with van der Waals surface area (Å²) < 4.78 is 0. The molecule has 1 aliphatic rings. The van der Waals surface area contributed by atoms with Crippen molar-refractivity contribution in [2.75, 3.05) is 0 Å². The van der Waals surface area contributed by atoms with Crippen LogP contribution in [0.15, 0.2) is 30.3 Å². The molecule has 1 fully saturated rings. The van der Waals surface area contributed by atoms with E-state index in [0.717, 1.165) is 25.7 Å². The van der Waals surface area contributed by atoms with Crippen LogP contribution in [0.5, 0.6) is 0 Å². The Morgan fingerprint density at radius 2 is 1.50 bits per heavy atom. The number of hydrogen-bond donors (Lipinski definition) is 2. The smallest absolute Gasteiger partial charge is 0.277 e. The van der Waals surface area contributed by atoms with Crippen molar-refractivity contribution in [3.8, 4) is 0 Å². The number of carbonyl (C=O) groups excluding carboxylic acids is 3. The summed E-state index contributed by atoms with van der Waals surface area (Å²) >= 11 is 0. The van der Waals surface area contributed by atoms with Gasteiger partial charge in [0, 0.05) is 0 Å². The highest BCUT2D eigenvalue weighted by Gasteiger charge is 2.33. The van der Waals surface area contributed by atoms with E-state index in [1.165, 1.54) is 5.56 Å². The number of hydrogen-bond acceptors (Lipinski definition) is 3. The van der Waals surface area contributed by atoms with Gasteiger partial charge in [-0.1, -0.05) is 43.2 Å². The first-order valence-corrected chi connectivity index (χ1v) is 6.86. The van der Waals surface area contributed by atoms with Crippen molar-refractivity contribution in [2.24, 2.45) is 5.92 Å². The summed E-state index contributed by atoms with van der Waals surface area (Å²) in [6, 6.07) is 9.48. The molecule has 4 amide bonds. The van der Waals surface area contributed by atoms with Crippen molar-refractivity contribution in [1.82, 2.24) is 10.6 Å². The molecule has 0 atom stereocenters. The maximum Gasteiger partial charge on any atom is 0.328 e. The molecule has 2 rings (SSSR count). The lowest BCUT2D eigenvalue weighted by Crippen LogP contribution is -2.55. The summed E-state index contributed by atoms with van der Waals surface area (Å²) in [5.74, 6) is -1.70. The SMILES string of the molecule is O=C1NC(=O)C(CCCCCc2ccccc2)C(=O)N1. The minimum Gasteiger partial charge on any atom is -0.277 e. The van der Waals surface area contributed by atoms with Crippen LogP contribution in [0.4, 0.5) is 4.79 Å². The zero-order valence-electron chi connectivity index (χ0n) is 11.2. The van der Waals surface area contributed by atoms with Crippen LogP contribution >= 0.6 is 0 Å². The highest BCUT2D eigenvalue weighted by molar-refractivity contribution is 6.16. The fraction of sp³-hybridized carbons (Fsp3) is 0.400. The van der Waals surface area contributed by atoms with Crippen LogP contribution in [0.2, 0.25) is 0 Å². The number of carbonyl (C=O) groups is 3. The van der Waals surface area contributed by atoms with E-state index in [0.29, 0.717) is 6.42 Å². The maximum atomic E-state index is 11.5. The minimum absolute atomic E-state index is 0.484. The molecule has 20 heavy (non-hydrogen) atoms. The molecule has 1 heterocycles. The number of urea groups is 1. The second-order valence-electron chi connectivity index (χ2n) is 4.95. The predicted octanol–water partition coefficient (Wildman–Crippen LogP) is 1.77. The predicted molar refractivity (Wildman–Crippen MR) is 73.8 cm³/mol. The number of benzene rings is 1. The van der Waals surface area contributed by atoms with Gasteiger partial charge in [0.1, 0.15) is 5.92 Å². The van der Waals surface area contributed by atoms with Gasteiger partial charge >= 0.3 is 6.03 Å². The molecule has 0 unspecified atom stereocenters. The van der Waals surface area contributed by atoms with Gasteiger partial charge in [-0.25, -0.2) is 4.79 Å². The molecule has 1 saturated heterocycles. The fourth-order valence-corrected chi connectivity index (χ4v) is 2.31. The van der Waals surface area contributed by atoms with Crippen molar-refractivity contribution in [1.29, 1.82) is 0 Å². The molecule has 0 spiro atoms. The molecule has 1 aromatic carbocycles. The van der Waals surface area contributed by atoms with Crippen molar-refractivity contribution >= 4 is 17.8 Å². The van der Waals surface area contributed by atoms with Crippen molar-refractivity contribution < 1.29 is 14.4 Å². The highest BCUT2D eigenvalue weighted by Crippen LogP contribution is 2.14. The minimum atomic E-state index is -0.732. The van der Waals surface area contributed by atoms with Gasteiger partial charge in [0.05, 0.1) is 0 Å². The number of nitrogens with one attached hydrogen (secondary N) is 2. The van der Waals surface area contributed by atoms with Gasteiger partial charge in [0.2, 0.25) is 11.8 Å². The van der Waals surface area contributed by atoms with E-state index in [1.807, 2.05) is 18.2 Å². The number of amides is 4. The van der Waals surface area contributed by atoms with E-state index in [2.05, 4.69) is 22.8 Å².